The van der Waals surface area contributed by atoms with Crippen molar-refractivity contribution in [1.29, 1.82) is 0 Å². The fourth-order valence-electron chi connectivity index (χ4n) is 2.20. The lowest BCUT2D eigenvalue weighted by molar-refractivity contribution is -0.132. The van der Waals surface area contributed by atoms with Gasteiger partial charge in [-0.05, 0) is 31.7 Å². The van der Waals surface area contributed by atoms with E-state index >= 15 is 0 Å². The summed E-state index contributed by atoms with van der Waals surface area (Å²) < 4.78 is 24.8. The number of amides is 1. The lowest BCUT2D eigenvalue weighted by atomic mass is 10.0. The molecule has 3 N–H and O–H groups in total. The van der Waals surface area contributed by atoms with Gasteiger partial charge in [-0.2, -0.15) is 0 Å². The Labute approximate surface area is 115 Å². The average Bonchev–Trinajstić information content (AvgIpc) is 2.34. The van der Waals surface area contributed by atoms with Crippen LogP contribution >= 0.6 is 0 Å². The Morgan fingerprint density at radius 2 is 2.00 bits per heavy atom. The van der Waals surface area contributed by atoms with Gasteiger partial charge in [-0.25, -0.2) is 13.1 Å². The molecule has 112 valence electrons. The Balaban J connectivity index is 2.31. The summed E-state index contributed by atoms with van der Waals surface area (Å²) in [6, 6.07) is -0.0398. The van der Waals surface area contributed by atoms with E-state index in [-0.39, 0.29) is 11.9 Å². The van der Waals surface area contributed by atoms with Crippen molar-refractivity contribution in [3.8, 4) is 0 Å². The third-order valence-electron chi connectivity index (χ3n) is 3.48. The third kappa shape index (κ3) is 6.35. The maximum atomic E-state index is 12.0. The molecule has 1 rings (SSSR count). The van der Waals surface area contributed by atoms with Crippen molar-refractivity contribution in [1.82, 2.24) is 9.62 Å². The molecule has 1 aliphatic rings. The van der Waals surface area contributed by atoms with Gasteiger partial charge in [0, 0.05) is 25.6 Å². The Bertz CT molecular complexity index is 389. The first-order valence-corrected chi connectivity index (χ1v) is 8.66. The number of likely N-dealkylation sites (tertiary alicyclic amines) is 1. The van der Waals surface area contributed by atoms with E-state index < -0.39 is 10.0 Å². The molecule has 7 heteroatoms. The number of piperidine rings is 1. The van der Waals surface area contributed by atoms with Crippen molar-refractivity contribution >= 4 is 15.9 Å². The quantitative estimate of drug-likeness (QED) is 0.715. The summed E-state index contributed by atoms with van der Waals surface area (Å²) in [4.78, 5) is 13.8. The van der Waals surface area contributed by atoms with Crippen LogP contribution in [0.3, 0.4) is 0 Å². The first kappa shape index (κ1) is 16.4. The minimum Gasteiger partial charge on any atom is -0.343 e. The van der Waals surface area contributed by atoms with E-state index in [1.165, 1.54) is 6.26 Å². The molecule has 19 heavy (non-hydrogen) atoms. The summed E-state index contributed by atoms with van der Waals surface area (Å²) in [5.41, 5.74) is 5.52. The molecule has 0 spiro atoms. The molecular formula is C12H25N3O3S. The first-order chi connectivity index (χ1) is 8.81. The van der Waals surface area contributed by atoms with Crippen molar-refractivity contribution in [2.24, 2.45) is 11.7 Å². The zero-order valence-electron chi connectivity index (χ0n) is 11.8. The Kier molecular flexibility index (Phi) is 6.22. The van der Waals surface area contributed by atoms with Gasteiger partial charge in [0.2, 0.25) is 15.9 Å². The summed E-state index contributed by atoms with van der Waals surface area (Å²) in [6.45, 7) is 3.90. The minimum absolute atomic E-state index is 0.0398. The van der Waals surface area contributed by atoms with E-state index in [0.29, 0.717) is 44.8 Å². The van der Waals surface area contributed by atoms with Gasteiger partial charge in [0.25, 0.3) is 0 Å². The molecule has 6 nitrogen and oxygen atoms in total. The molecule has 1 fully saturated rings. The lowest BCUT2D eigenvalue weighted by Crippen LogP contribution is -2.46. The highest BCUT2D eigenvalue weighted by Crippen LogP contribution is 2.14. The summed E-state index contributed by atoms with van der Waals surface area (Å²) in [7, 11) is -3.15. The van der Waals surface area contributed by atoms with E-state index in [4.69, 9.17) is 5.73 Å². The number of nitrogens with two attached hydrogens (primary N) is 1. The molecule has 0 aliphatic carbocycles. The highest BCUT2D eigenvalue weighted by Gasteiger charge is 2.24. The van der Waals surface area contributed by atoms with Crippen LogP contribution in [0.1, 0.15) is 32.6 Å². The number of hydrogen-bond donors (Lipinski definition) is 2. The maximum Gasteiger partial charge on any atom is 0.222 e. The van der Waals surface area contributed by atoms with Crippen LogP contribution in [0.2, 0.25) is 0 Å². The minimum atomic E-state index is -3.15. The topological polar surface area (TPSA) is 92.5 Å². The molecule has 0 aromatic heterocycles. The van der Waals surface area contributed by atoms with Crippen LogP contribution in [0, 0.1) is 5.92 Å². The van der Waals surface area contributed by atoms with Gasteiger partial charge in [0.15, 0.2) is 0 Å². The van der Waals surface area contributed by atoms with Crippen LogP contribution < -0.4 is 10.5 Å². The Morgan fingerprint density at radius 1 is 1.42 bits per heavy atom. The molecule has 1 unspecified atom stereocenters. The number of nitrogens with zero attached hydrogens (tertiary/aromatic N) is 1. The highest BCUT2D eigenvalue weighted by atomic mass is 32.2. The third-order valence-corrected chi connectivity index (χ3v) is 4.24. The molecule has 0 saturated carbocycles. The molecule has 0 aromatic carbocycles. The summed E-state index contributed by atoms with van der Waals surface area (Å²) >= 11 is 0. The Hall–Kier alpha value is -0.660. The van der Waals surface area contributed by atoms with Crippen molar-refractivity contribution in [2.45, 2.75) is 38.6 Å². The molecule has 0 aromatic rings. The SMILES string of the molecule is CC(CN)CCC(=O)N1CCC(NS(C)(=O)=O)CC1. The fraction of sp³-hybridized carbons (Fsp3) is 0.917. The van der Waals surface area contributed by atoms with Crippen LogP contribution in [-0.2, 0) is 14.8 Å². The predicted octanol–water partition coefficient (Wildman–Crippen LogP) is -0.0984. The van der Waals surface area contributed by atoms with Crippen molar-refractivity contribution in [3.05, 3.63) is 0 Å². The largest absolute Gasteiger partial charge is 0.343 e. The van der Waals surface area contributed by atoms with Gasteiger partial charge in [-0.15, -0.1) is 0 Å². The molecule has 0 radical (unpaired) electrons. The normalized spacial score (nSPS) is 19.4. The number of carbonyl (C=O) groups excluding carboxylic acids is 1. The molecule has 0 bridgehead atoms. The van der Waals surface area contributed by atoms with Crippen molar-refractivity contribution < 1.29 is 13.2 Å². The predicted molar refractivity (Wildman–Crippen MR) is 75.0 cm³/mol. The smallest absolute Gasteiger partial charge is 0.222 e. The second-order valence-electron chi connectivity index (χ2n) is 5.42. The van der Waals surface area contributed by atoms with Crippen LogP contribution in [-0.4, -0.2) is 51.2 Å². The fourth-order valence-corrected chi connectivity index (χ4v) is 3.04. The molecule has 1 atom stereocenters. The zero-order valence-corrected chi connectivity index (χ0v) is 12.6. The number of rotatable bonds is 6. The van der Waals surface area contributed by atoms with Crippen LogP contribution in [0.4, 0.5) is 0 Å². The average molecular weight is 291 g/mol. The van der Waals surface area contributed by atoms with Crippen molar-refractivity contribution in [3.63, 3.8) is 0 Å². The van der Waals surface area contributed by atoms with Gasteiger partial charge < -0.3 is 10.6 Å². The molecule has 1 aliphatic heterocycles. The van der Waals surface area contributed by atoms with E-state index in [1.807, 2.05) is 11.8 Å². The maximum absolute atomic E-state index is 12.0. The van der Waals surface area contributed by atoms with E-state index in [0.717, 1.165) is 6.42 Å². The van der Waals surface area contributed by atoms with Crippen LogP contribution in [0.5, 0.6) is 0 Å². The number of nitrogens with one attached hydrogen (secondary N) is 1. The highest BCUT2D eigenvalue weighted by molar-refractivity contribution is 7.88. The van der Waals surface area contributed by atoms with E-state index in [2.05, 4.69) is 4.72 Å². The van der Waals surface area contributed by atoms with Gasteiger partial charge in [-0.3, -0.25) is 4.79 Å². The second-order valence-corrected chi connectivity index (χ2v) is 7.20. The first-order valence-electron chi connectivity index (χ1n) is 6.77. The van der Waals surface area contributed by atoms with Gasteiger partial charge >= 0.3 is 0 Å². The second kappa shape index (κ2) is 7.21. The van der Waals surface area contributed by atoms with Gasteiger partial charge in [0.05, 0.1) is 6.26 Å². The van der Waals surface area contributed by atoms with Gasteiger partial charge in [-0.1, -0.05) is 6.92 Å². The monoisotopic (exact) mass is 291 g/mol. The molecule has 1 saturated heterocycles. The van der Waals surface area contributed by atoms with Crippen molar-refractivity contribution in [2.75, 3.05) is 25.9 Å². The van der Waals surface area contributed by atoms with Crippen LogP contribution in [0.25, 0.3) is 0 Å². The number of sulfonamides is 1. The lowest BCUT2D eigenvalue weighted by Gasteiger charge is -2.32. The molecular weight excluding hydrogens is 266 g/mol. The summed E-state index contributed by atoms with van der Waals surface area (Å²) in [5.74, 6) is 0.520. The summed E-state index contributed by atoms with van der Waals surface area (Å²) in [6.07, 6.45) is 3.88. The Morgan fingerprint density at radius 3 is 2.47 bits per heavy atom. The zero-order chi connectivity index (χ0) is 14.5. The number of hydrogen-bond acceptors (Lipinski definition) is 4. The van der Waals surface area contributed by atoms with Crippen LogP contribution in [0.15, 0.2) is 0 Å². The van der Waals surface area contributed by atoms with Gasteiger partial charge in [0.1, 0.15) is 0 Å². The number of carbonyl (C=O) groups is 1. The van der Waals surface area contributed by atoms with E-state index in [1.54, 1.807) is 0 Å². The van der Waals surface area contributed by atoms with E-state index in [9.17, 15) is 13.2 Å². The molecule has 1 heterocycles. The standard InChI is InChI=1S/C12H25N3O3S/c1-10(9-13)3-4-12(16)15-7-5-11(6-8-15)14-19(2,17)18/h10-11,14H,3-9,13H2,1-2H3. The molecule has 1 amide bonds. The summed E-state index contributed by atoms with van der Waals surface area (Å²) in [5, 5.41) is 0.